The van der Waals surface area contributed by atoms with Gasteiger partial charge in [-0.1, -0.05) is 12.1 Å². The van der Waals surface area contributed by atoms with Crippen LogP contribution in [0.4, 0.5) is 10.1 Å². The SMILES string of the molecule is COCCCN1CC2C(=O)NNC2C(C(=O)Nc2ccccc2F)C1. The van der Waals surface area contributed by atoms with Gasteiger partial charge in [0.2, 0.25) is 11.8 Å². The molecule has 136 valence electrons. The molecule has 2 aliphatic heterocycles. The highest BCUT2D eigenvalue weighted by Crippen LogP contribution is 2.27. The van der Waals surface area contributed by atoms with Crippen LogP contribution in [0.5, 0.6) is 0 Å². The van der Waals surface area contributed by atoms with Gasteiger partial charge >= 0.3 is 0 Å². The first-order valence-corrected chi connectivity index (χ1v) is 8.42. The van der Waals surface area contributed by atoms with Gasteiger partial charge in [0, 0.05) is 33.4 Å². The van der Waals surface area contributed by atoms with Gasteiger partial charge in [0.1, 0.15) is 5.82 Å². The predicted molar refractivity (Wildman–Crippen MR) is 90.0 cm³/mol. The summed E-state index contributed by atoms with van der Waals surface area (Å²) in [4.78, 5) is 26.9. The second-order valence-electron chi connectivity index (χ2n) is 6.45. The molecule has 2 heterocycles. The van der Waals surface area contributed by atoms with Gasteiger partial charge < -0.3 is 15.0 Å². The van der Waals surface area contributed by atoms with Crippen molar-refractivity contribution < 1.29 is 18.7 Å². The molecule has 0 saturated carbocycles. The number of halogens is 1. The number of nitrogens with zero attached hydrogens (tertiary/aromatic N) is 1. The van der Waals surface area contributed by atoms with Crippen LogP contribution < -0.4 is 16.2 Å². The first-order chi connectivity index (χ1) is 12.1. The van der Waals surface area contributed by atoms with Crippen molar-refractivity contribution in [3.05, 3.63) is 30.1 Å². The number of nitrogens with one attached hydrogen (secondary N) is 3. The number of methoxy groups -OCH3 is 1. The van der Waals surface area contributed by atoms with Crippen LogP contribution in [0.1, 0.15) is 6.42 Å². The molecule has 1 aromatic carbocycles. The van der Waals surface area contributed by atoms with Crippen molar-refractivity contribution in [2.75, 3.05) is 38.7 Å². The predicted octanol–water partition coefficient (Wildman–Crippen LogP) is 0.352. The Morgan fingerprint density at radius 3 is 2.96 bits per heavy atom. The summed E-state index contributed by atoms with van der Waals surface area (Å²) in [5, 5.41) is 2.65. The fraction of sp³-hybridized carbons (Fsp3) is 0.529. The Kier molecular flexibility index (Phi) is 5.62. The number of piperidine rings is 1. The van der Waals surface area contributed by atoms with E-state index in [2.05, 4.69) is 21.1 Å². The minimum Gasteiger partial charge on any atom is -0.385 e. The van der Waals surface area contributed by atoms with Gasteiger partial charge in [0.25, 0.3) is 0 Å². The first kappa shape index (κ1) is 17.8. The molecule has 0 aliphatic carbocycles. The number of hydrogen-bond acceptors (Lipinski definition) is 5. The van der Waals surface area contributed by atoms with E-state index >= 15 is 0 Å². The van der Waals surface area contributed by atoms with E-state index in [1.165, 1.54) is 12.1 Å². The third kappa shape index (κ3) is 3.97. The van der Waals surface area contributed by atoms with E-state index in [-0.39, 0.29) is 29.5 Å². The fourth-order valence-corrected chi connectivity index (χ4v) is 3.48. The van der Waals surface area contributed by atoms with Crippen molar-refractivity contribution in [3.8, 4) is 0 Å². The number of hydrazine groups is 1. The number of carbonyl (C=O) groups excluding carboxylic acids is 2. The zero-order valence-electron chi connectivity index (χ0n) is 14.1. The number of carbonyl (C=O) groups is 2. The standard InChI is InChI=1S/C17H23FN4O3/c1-25-8-4-7-22-9-11(15-12(10-22)17(24)21-20-15)16(23)19-14-6-3-2-5-13(14)18/h2-3,5-6,11-12,15,20H,4,7-10H2,1H3,(H,19,23)(H,21,24). The average Bonchev–Trinajstić information content (AvgIpc) is 2.98. The van der Waals surface area contributed by atoms with Crippen molar-refractivity contribution in [2.24, 2.45) is 11.8 Å². The van der Waals surface area contributed by atoms with E-state index in [9.17, 15) is 14.0 Å². The molecule has 2 fully saturated rings. The Hall–Kier alpha value is -2.03. The van der Waals surface area contributed by atoms with E-state index in [0.717, 1.165) is 13.0 Å². The van der Waals surface area contributed by atoms with Gasteiger partial charge in [-0.15, -0.1) is 0 Å². The lowest BCUT2D eigenvalue weighted by Gasteiger charge is -2.38. The van der Waals surface area contributed by atoms with E-state index in [1.54, 1.807) is 19.2 Å². The van der Waals surface area contributed by atoms with Crippen LogP contribution in [0.15, 0.2) is 24.3 Å². The summed E-state index contributed by atoms with van der Waals surface area (Å²) in [5.74, 6) is -1.63. The quantitative estimate of drug-likeness (QED) is 0.645. The lowest BCUT2D eigenvalue weighted by Crippen LogP contribution is -2.56. The van der Waals surface area contributed by atoms with Crippen molar-refractivity contribution in [2.45, 2.75) is 12.5 Å². The number of amides is 2. The number of likely N-dealkylation sites (tertiary alicyclic amines) is 1. The summed E-state index contributed by atoms with van der Waals surface area (Å²) in [6.45, 7) is 2.47. The van der Waals surface area contributed by atoms with E-state index in [0.29, 0.717) is 19.7 Å². The van der Waals surface area contributed by atoms with Gasteiger partial charge in [-0.25, -0.2) is 9.82 Å². The number of hydrogen-bond donors (Lipinski definition) is 3. The molecule has 3 rings (SSSR count). The number of benzene rings is 1. The van der Waals surface area contributed by atoms with Crippen LogP contribution in [-0.2, 0) is 14.3 Å². The molecule has 25 heavy (non-hydrogen) atoms. The Bertz CT molecular complexity index is 642. The van der Waals surface area contributed by atoms with E-state index in [4.69, 9.17) is 4.74 Å². The minimum absolute atomic E-state index is 0.106. The average molecular weight is 350 g/mol. The van der Waals surface area contributed by atoms with Gasteiger partial charge in [-0.2, -0.15) is 0 Å². The molecule has 3 N–H and O–H groups in total. The van der Waals surface area contributed by atoms with Crippen LogP contribution in [-0.4, -0.2) is 56.1 Å². The molecule has 0 radical (unpaired) electrons. The molecule has 0 aromatic heterocycles. The summed E-state index contributed by atoms with van der Waals surface area (Å²) in [6, 6.07) is 5.77. The van der Waals surface area contributed by atoms with Gasteiger partial charge in [0.15, 0.2) is 0 Å². The number of fused-ring (bicyclic) bond motifs is 1. The number of anilines is 1. The van der Waals surface area contributed by atoms with Crippen molar-refractivity contribution in [1.82, 2.24) is 15.8 Å². The van der Waals surface area contributed by atoms with Crippen LogP contribution in [0.2, 0.25) is 0 Å². The monoisotopic (exact) mass is 350 g/mol. The Morgan fingerprint density at radius 1 is 1.40 bits per heavy atom. The number of para-hydroxylation sites is 1. The largest absolute Gasteiger partial charge is 0.385 e. The molecule has 7 nitrogen and oxygen atoms in total. The second kappa shape index (κ2) is 7.90. The zero-order chi connectivity index (χ0) is 17.8. The third-order valence-electron chi connectivity index (χ3n) is 4.77. The lowest BCUT2D eigenvalue weighted by molar-refractivity contribution is -0.126. The minimum atomic E-state index is -0.478. The highest BCUT2D eigenvalue weighted by atomic mass is 19.1. The van der Waals surface area contributed by atoms with E-state index < -0.39 is 11.7 Å². The lowest BCUT2D eigenvalue weighted by atomic mass is 9.84. The maximum absolute atomic E-state index is 13.8. The van der Waals surface area contributed by atoms with Crippen molar-refractivity contribution in [3.63, 3.8) is 0 Å². The molecule has 8 heteroatoms. The third-order valence-corrected chi connectivity index (χ3v) is 4.77. The Labute approximate surface area is 145 Å². The molecule has 2 amide bonds. The van der Waals surface area contributed by atoms with E-state index in [1.807, 2.05) is 0 Å². The van der Waals surface area contributed by atoms with Gasteiger partial charge in [-0.3, -0.25) is 15.0 Å². The second-order valence-corrected chi connectivity index (χ2v) is 6.45. The summed E-state index contributed by atoms with van der Waals surface area (Å²) >= 11 is 0. The topological polar surface area (TPSA) is 82.7 Å². The fourth-order valence-electron chi connectivity index (χ4n) is 3.48. The van der Waals surface area contributed by atoms with Crippen LogP contribution in [0.3, 0.4) is 0 Å². The molecule has 2 aliphatic rings. The van der Waals surface area contributed by atoms with Crippen molar-refractivity contribution in [1.29, 1.82) is 0 Å². The zero-order valence-corrected chi connectivity index (χ0v) is 14.1. The first-order valence-electron chi connectivity index (χ1n) is 8.42. The molecule has 0 spiro atoms. The molecule has 3 unspecified atom stereocenters. The number of rotatable bonds is 6. The maximum Gasteiger partial charge on any atom is 0.240 e. The Balaban J connectivity index is 1.71. The van der Waals surface area contributed by atoms with Crippen LogP contribution in [0.25, 0.3) is 0 Å². The summed E-state index contributed by atoms with van der Waals surface area (Å²) in [7, 11) is 1.64. The normalized spacial score (nSPS) is 26.2. The van der Waals surface area contributed by atoms with Gasteiger partial charge in [-0.05, 0) is 18.6 Å². The molecule has 0 bridgehead atoms. The summed E-state index contributed by atoms with van der Waals surface area (Å²) in [6.07, 6.45) is 0.824. The molecule has 1 aromatic rings. The summed E-state index contributed by atoms with van der Waals surface area (Å²) in [5.41, 5.74) is 5.69. The molecular formula is C17H23FN4O3. The molecule has 3 atom stereocenters. The number of ether oxygens (including phenoxy) is 1. The van der Waals surface area contributed by atoms with Gasteiger partial charge in [0.05, 0.1) is 23.6 Å². The highest BCUT2D eigenvalue weighted by molar-refractivity contribution is 5.94. The summed E-state index contributed by atoms with van der Waals surface area (Å²) < 4.78 is 18.9. The maximum atomic E-state index is 13.8. The molecular weight excluding hydrogens is 327 g/mol. The van der Waals surface area contributed by atoms with Crippen molar-refractivity contribution >= 4 is 17.5 Å². The van der Waals surface area contributed by atoms with Crippen LogP contribution >= 0.6 is 0 Å². The highest BCUT2D eigenvalue weighted by Gasteiger charge is 2.47. The Morgan fingerprint density at radius 2 is 2.20 bits per heavy atom. The van der Waals surface area contributed by atoms with Crippen LogP contribution in [0, 0.1) is 17.7 Å². The smallest absolute Gasteiger partial charge is 0.240 e. The molecule has 2 saturated heterocycles.